The van der Waals surface area contributed by atoms with Crippen LogP contribution in [0.2, 0.25) is 0 Å². The van der Waals surface area contributed by atoms with Gasteiger partial charge < -0.3 is 9.84 Å². The summed E-state index contributed by atoms with van der Waals surface area (Å²) in [6, 6.07) is 0.672. The normalized spacial score (nSPS) is 33.8. The predicted octanol–water partition coefficient (Wildman–Crippen LogP) is 1.33. The van der Waals surface area contributed by atoms with Crippen molar-refractivity contribution in [3.05, 3.63) is 0 Å². The van der Waals surface area contributed by atoms with Crippen molar-refractivity contribution >= 4 is 0 Å². The summed E-state index contributed by atoms with van der Waals surface area (Å²) in [6.07, 6.45) is 5.09. The average molecular weight is 270 g/mol. The smallest absolute Gasteiger partial charge is 0.0594 e. The van der Waals surface area contributed by atoms with Crippen LogP contribution in [0.3, 0.4) is 0 Å². The van der Waals surface area contributed by atoms with E-state index in [9.17, 15) is 0 Å². The maximum absolute atomic E-state index is 9.14. The molecule has 2 rings (SSSR count). The van der Waals surface area contributed by atoms with E-state index in [4.69, 9.17) is 9.84 Å². The van der Waals surface area contributed by atoms with Gasteiger partial charge in [0.2, 0.25) is 0 Å². The van der Waals surface area contributed by atoms with Gasteiger partial charge in [0, 0.05) is 31.2 Å². The van der Waals surface area contributed by atoms with Gasteiger partial charge in [-0.1, -0.05) is 6.92 Å². The number of morpholine rings is 1. The molecular formula is C15H30N2O2. The molecular weight excluding hydrogens is 240 g/mol. The third-order valence-electron chi connectivity index (χ3n) is 5.12. The van der Waals surface area contributed by atoms with Crippen LogP contribution in [0.4, 0.5) is 0 Å². The molecule has 1 aliphatic carbocycles. The Morgan fingerprint density at radius 3 is 2.42 bits per heavy atom. The number of ether oxygens (including phenoxy) is 1. The van der Waals surface area contributed by atoms with Gasteiger partial charge in [-0.2, -0.15) is 0 Å². The lowest BCUT2D eigenvalue weighted by Crippen LogP contribution is -2.55. The predicted molar refractivity (Wildman–Crippen MR) is 77.4 cm³/mol. The molecule has 1 N–H and O–H groups in total. The first-order valence-corrected chi connectivity index (χ1v) is 7.87. The fraction of sp³-hybridized carbons (Fsp3) is 1.00. The molecule has 19 heavy (non-hydrogen) atoms. The van der Waals surface area contributed by atoms with E-state index < -0.39 is 0 Å². The fourth-order valence-electron chi connectivity index (χ4n) is 3.74. The Labute approximate surface area is 117 Å². The van der Waals surface area contributed by atoms with Crippen molar-refractivity contribution in [2.75, 3.05) is 46.0 Å². The van der Waals surface area contributed by atoms with Crippen molar-refractivity contribution in [2.24, 2.45) is 0 Å². The number of aliphatic hydroxyl groups excluding tert-OH is 1. The molecule has 0 bridgehead atoms. The molecule has 0 amide bonds. The van der Waals surface area contributed by atoms with Gasteiger partial charge in [-0.05, 0) is 39.2 Å². The Morgan fingerprint density at radius 2 is 1.89 bits per heavy atom. The van der Waals surface area contributed by atoms with Gasteiger partial charge in [-0.25, -0.2) is 0 Å². The second kappa shape index (κ2) is 7.02. The largest absolute Gasteiger partial charge is 0.395 e. The van der Waals surface area contributed by atoms with Crippen LogP contribution in [0.1, 0.15) is 39.5 Å². The Bertz CT molecular complexity index is 259. The monoisotopic (exact) mass is 270 g/mol. The van der Waals surface area contributed by atoms with E-state index in [0.29, 0.717) is 11.6 Å². The zero-order valence-electron chi connectivity index (χ0n) is 12.6. The van der Waals surface area contributed by atoms with Crippen LogP contribution >= 0.6 is 0 Å². The summed E-state index contributed by atoms with van der Waals surface area (Å²) in [5.41, 5.74) is 0.374. The van der Waals surface area contributed by atoms with Crippen LogP contribution in [0, 0.1) is 0 Å². The van der Waals surface area contributed by atoms with Crippen molar-refractivity contribution < 1.29 is 9.84 Å². The third-order valence-corrected chi connectivity index (χ3v) is 5.12. The van der Waals surface area contributed by atoms with E-state index >= 15 is 0 Å². The van der Waals surface area contributed by atoms with Crippen LogP contribution in [-0.4, -0.2) is 72.5 Å². The van der Waals surface area contributed by atoms with E-state index in [-0.39, 0.29) is 6.61 Å². The Morgan fingerprint density at radius 1 is 1.26 bits per heavy atom. The second-order valence-electron chi connectivity index (χ2n) is 6.18. The SMILES string of the molecule is CCN(CCO)C1CCC(C)(N2CCOCC2)CC1. The third kappa shape index (κ3) is 3.69. The van der Waals surface area contributed by atoms with E-state index in [0.717, 1.165) is 39.4 Å². The number of likely N-dealkylation sites (N-methyl/N-ethyl adjacent to an activating group) is 1. The minimum absolute atomic E-state index is 0.283. The quantitative estimate of drug-likeness (QED) is 0.818. The lowest BCUT2D eigenvalue weighted by molar-refractivity contribution is -0.0395. The van der Waals surface area contributed by atoms with Crippen molar-refractivity contribution in [3.63, 3.8) is 0 Å². The van der Waals surface area contributed by atoms with Crippen LogP contribution in [0.15, 0.2) is 0 Å². The van der Waals surface area contributed by atoms with Crippen LogP contribution in [-0.2, 0) is 4.74 Å². The summed E-state index contributed by atoms with van der Waals surface area (Å²) in [6.45, 7) is 10.8. The molecule has 4 nitrogen and oxygen atoms in total. The molecule has 2 aliphatic rings. The first-order valence-electron chi connectivity index (χ1n) is 7.87. The van der Waals surface area contributed by atoms with Crippen LogP contribution < -0.4 is 0 Å². The van der Waals surface area contributed by atoms with Crippen molar-refractivity contribution in [3.8, 4) is 0 Å². The topological polar surface area (TPSA) is 35.9 Å². The zero-order valence-corrected chi connectivity index (χ0v) is 12.6. The lowest BCUT2D eigenvalue weighted by Gasteiger charge is -2.48. The molecule has 1 aliphatic heterocycles. The minimum Gasteiger partial charge on any atom is -0.395 e. The van der Waals surface area contributed by atoms with Crippen molar-refractivity contribution in [1.29, 1.82) is 0 Å². The molecule has 1 saturated carbocycles. The maximum Gasteiger partial charge on any atom is 0.0594 e. The van der Waals surface area contributed by atoms with Gasteiger partial charge in [0.05, 0.1) is 19.8 Å². The molecule has 2 fully saturated rings. The number of rotatable bonds is 5. The van der Waals surface area contributed by atoms with Gasteiger partial charge in [-0.3, -0.25) is 9.80 Å². The van der Waals surface area contributed by atoms with Crippen molar-refractivity contribution in [2.45, 2.75) is 51.1 Å². The molecule has 112 valence electrons. The standard InChI is InChI=1S/C15H30N2O2/c1-3-16(8-11-18)14-4-6-15(2,7-5-14)17-9-12-19-13-10-17/h14,18H,3-13H2,1-2H3. The molecule has 0 spiro atoms. The number of nitrogens with zero attached hydrogens (tertiary/aromatic N) is 2. The first kappa shape index (κ1) is 15.2. The molecule has 0 radical (unpaired) electrons. The second-order valence-corrected chi connectivity index (χ2v) is 6.18. The Kier molecular flexibility index (Phi) is 5.63. The fourth-order valence-corrected chi connectivity index (χ4v) is 3.74. The molecule has 1 saturated heterocycles. The Hall–Kier alpha value is -0.160. The minimum atomic E-state index is 0.283. The maximum atomic E-state index is 9.14. The summed E-state index contributed by atoms with van der Waals surface area (Å²) in [5.74, 6) is 0. The molecule has 0 unspecified atom stereocenters. The van der Waals surface area contributed by atoms with Crippen LogP contribution in [0.5, 0.6) is 0 Å². The molecule has 0 aromatic heterocycles. The summed E-state index contributed by atoms with van der Waals surface area (Å²) in [4.78, 5) is 5.08. The highest BCUT2D eigenvalue weighted by molar-refractivity contribution is 4.94. The highest BCUT2D eigenvalue weighted by atomic mass is 16.5. The van der Waals surface area contributed by atoms with Crippen LogP contribution in [0.25, 0.3) is 0 Å². The lowest BCUT2D eigenvalue weighted by atomic mass is 9.78. The Balaban J connectivity index is 1.86. The highest BCUT2D eigenvalue weighted by Gasteiger charge is 2.37. The van der Waals surface area contributed by atoms with E-state index in [2.05, 4.69) is 23.6 Å². The number of hydrogen-bond acceptors (Lipinski definition) is 4. The molecule has 4 heteroatoms. The van der Waals surface area contributed by atoms with Crippen molar-refractivity contribution in [1.82, 2.24) is 9.80 Å². The summed E-state index contributed by atoms with van der Waals surface area (Å²) in [7, 11) is 0. The highest BCUT2D eigenvalue weighted by Crippen LogP contribution is 2.35. The van der Waals surface area contributed by atoms with Gasteiger partial charge in [0.25, 0.3) is 0 Å². The van der Waals surface area contributed by atoms with E-state index in [1.54, 1.807) is 0 Å². The van der Waals surface area contributed by atoms with E-state index in [1.807, 2.05) is 0 Å². The average Bonchev–Trinajstić information content (AvgIpc) is 2.47. The first-order chi connectivity index (χ1) is 9.19. The number of hydrogen-bond donors (Lipinski definition) is 1. The molecule has 0 aromatic carbocycles. The molecule has 0 aromatic rings. The summed E-state index contributed by atoms with van der Waals surface area (Å²) < 4.78 is 5.47. The summed E-state index contributed by atoms with van der Waals surface area (Å²) >= 11 is 0. The molecule has 0 atom stereocenters. The van der Waals surface area contributed by atoms with Gasteiger partial charge in [0.15, 0.2) is 0 Å². The van der Waals surface area contributed by atoms with Gasteiger partial charge in [0.1, 0.15) is 0 Å². The molecule has 1 heterocycles. The van der Waals surface area contributed by atoms with E-state index in [1.165, 1.54) is 25.7 Å². The number of aliphatic hydroxyl groups is 1. The van der Waals surface area contributed by atoms with Gasteiger partial charge >= 0.3 is 0 Å². The zero-order chi connectivity index (χ0) is 13.7. The summed E-state index contributed by atoms with van der Waals surface area (Å²) in [5, 5.41) is 9.14. The van der Waals surface area contributed by atoms with Gasteiger partial charge in [-0.15, -0.1) is 0 Å².